The molecule has 6 heteroatoms. The monoisotopic (exact) mass is 335 g/mol. The minimum absolute atomic E-state index is 0.00264. The Morgan fingerprint density at radius 2 is 2.13 bits per heavy atom. The van der Waals surface area contributed by atoms with E-state index in [0.29, 0.717) is 25.4 Å². The van der Waals surface area contributed by atoms with Crippen molar-refractivity contribution in [3.8, 4) is 0 Å². The molecule has 1 aromatic rings. The minimum atomic E-state index is -0.343. The molecule has 2 amide bonds. The van der Waals surface area contributed by atoms with Crippen LogP contribution in [0.3, 0.4) is 0 Å². The number of fused-ring (bicyclic) bond motifs is 1. The lowest BCUT2D eigenvalue weighted by molar-refractivity contribution is -0.153. The van der Waals surface area contributed by atoms with Crippen molar-refractivity contribution in [3.05, 3.63) is 21.9 Å². The molecule has 0 radical (unpaired) electrons. The first-order chi connectivity index (χ1) is 11.0. The van der Waals surface area contributed by atoms with E-state index in [2.05, 4.69) is 42.4 Å². The molecule has 0 spiro atoms. The van der Waals surface area contributed by atoms with Gasteiger partial charge < -0.3 is 10.2 Å². The smallest absolute Gasteiger partial charge is 0.245 e. The summed E-state index contributed by atoms with van der Waals surface area (Å²) >= 11 is 1.76. The van der Waals surface area contributed by atoms with Gasteiger partial charge >= 0.3 is 0 Å². The predicted molar refractivity (Wildman–Crippen MR) is 91.2 cm³/mol. The summed E-state index contributed by atoms with van der Waals surface area (Å²) < 4.78 is 0. The Balaban J connectivity index is 1.66. The van der Waals surface area contributed by atoms with E-state index in [1.165, 1.54) is 10.4 Å². The molecule has 0 bridgehead atoms. The average Bonchev–Trinajstić information content (AvgIpc) is 2.89. The number of hydrogen-bond acceptors (Lipinski definition) is 4. The Morgan fingerprint density at radius 3 is 2.78 bits per heavy atom. The highest BCUT2D eigenvalue weighted by Gasteiger charge is 2.43. The minimum Gasteiger partial charge on any atom is -0.342 e. The second kappa shape index (κ2) is 6.61. The molecule has 1 N–H and O–H groups in total. The van der Waals surface area contributed by atoms with Crippen molar-refractivity contribution in [2.75, 3.05) is 19.6 Å². The summed E-state index contributed by atoms with van der Waals surface area (Å²) in [4.78, 5) is 30.5. The fourth-order valence-electron chi connectivity index (χ4n) is 3.40. The maximum absolute atomic E-state index is 12.6. The summed E-state index contributed by atoms with van der Waals surface area (Å²) in [5, 5.41) is 5.04. The third kappa shape index (κ3) is 3.43. The number of hydrogen-bond donors (Lipinski definition) is 1. The van der Waals surface area contributed by atoms with Gasteiger partial charge in [-0.2, -0.15) is 0 Å². The van der Waals surface area contributed by atoms with Crippen LogP contribution in [0, 0.1) is 12.8 Å². The largest absolute Gasteiger partial charge is 0.342 e. The number of nitrogens with one attached hydrogen (secondary N) is 1. The summed E-state index contributed by atoms with van der Waals surface area (Å²) in [5.74, 6) is 0.488. The second-order valence-electron chi connectivity index (χ2n) is 7.00. The Kier molecular flexibility index (Phi) is 4.73. The zero-order valence-corrected chi connectivity index (χ0v) is 14.9. The van der Waals surface area contributed by atoms with Gasteiger partial charge in [-0.1, -0.05) is 13.8 Å². The first-order valence-electron chi connectivity index (χ1n) is 8.32. The number of carbonyl (C=O) groups excluding carboxylic acids is 2. The molecule has 1 aromatic heterocycles. The molecule has 2 atom stereocenters. The normalized spacial score (nSPS) is 25.7. The van der Waals surface area contributed by atoms with Gasteiger partial charge in [-0.3, -0.25) is 14.5 Å². The van der Waals surface area contributed by atoms with E-state index in [4.69, 9.17) is 0 Å². The zero-order chi connectivity index (χ0) is 16.6. The summed E-state index contributed by atoms with van der Waals surface area (Å²) in [6.45, 7) is 9.25. The summed E-state index contributed by atoms with van der Waals surface area (Å²) in [6, 6.07) is 1.45. The molecule has 0 aliphatic carbocycles. The zero-order valence-electron chi connectivity index (χ0n) is 14.0. The molecule has 23 heavy (non-hydrogen) atoms. The third-order valence-electron chi connectivity index (χ3n) is 4.71. The lowest BCUT2D eigenvalue weighted by Gasteiger charge is -2.45. The number of rotatable bonds is 4. The quantitative estimate of drug-likeness (QED) is 0.910. The van der Waals surface area contributed by atoms with Gasteiger partial charge in [0.25, 0.3) is 0 Å². The van der Waals surface area contributed by atoms with Crippen LogP contribution >= 0.6 is 11.3 Å². The average molecular weight is 335 g/mol. The molecule has 2 fully saturated rings. The Hall–Kier alpha value is -1.40. The molecule has 0 aromatic carbocycles. The van der Waals surface area contributed by atoms with Crippen molar-refractivity contribution in [3.63, 3.8) is 0 Å². The summed E-state index contributed by atoms with van der Waals surface area (Å²) in [6.07, 6.45) is 0.714. The summed E-state index contributed by atoms with van der Waals surface area (Å²) in [7, 11) is 0. The number of carbonyl (C=O) groups is 2. The number of nitrogens with zero attached hydrogens (tertiary/aromatic N) is 2. The molecule has 126 valence electrons. The van der Waals surface area contributed by atoms with Gasteiger partial charge in [-0.05, 0) is 36.3 Å². The Labute approximate surface area is 141 Å². The maximum atomic E-state index is 12.6. The van der Waals surface area contributed by atoms with Crippen LogP contribution in [0.2, 0.25) is 0 Å². The number of amides is 2. The van der Waals surface area contributed by atoms with Gasteiger partial charge in [-0.15, -0.1) is 11.3 Å². The standard InChI is InChI=1S/C17H25N3O2S/c1-11(2)8-13-17(22)20-6-5-19(9-14(20)16(21)18-13)10-15-12(3)4-7-23-15/h4,7,11,13-14H,5-6,8-10H2,1-3H3,(H,18,21)/t13-,14+/m0/s1. The van der Waals surface area contributed by atoms with E-state index in [1.54, 1.807) is 16.2 Å². The number of aryl methyl sites for hydroxylation is 1. The third-order valence-corrected chi connectivity index (χ3v) is 5.72. The van der Waals surface area contributed by atoms with Crippen LogP contribution in [0.1, 0.15) is 30.7 Å². The maximum Gasteiger partial charge on any atom is 0.245 e. The Bertz CT molecular complexity index is 598. The molecular formula is C17H25N3O2S. The molecule has 5 nitrogen and oxygen atoms in total. The fraction of sp³-hybridized carbons (Fsp3) is 0.647. The highest BCUT2D eigenvalue weighted by molar-refractivity contribution is 7.10. The van der Waals surface area contributed by atoms with Crippen LogP contribution in [0.4, 0.5) is 0 Å². The molecule has 2 aliphatic heterocycles. The van der Waals surface area contributed by atoms with Gasteiger partial charge in [0.05, 0.1) is 0 Å². The van der Waals surface area contributed by atoms with Crippen LogP contribution < -0.4 is 5.32 Å². The highest BCUT2D eigenvalue weighted by atomic mass is 32.1. The van der Waals surface area contributed by atoms with E-state index >= 15 is 0 Å². The van der Waals surface area contributed by atoms with E-state index < -0.39 is 0 Å². The molecule has 2 saturated heterocycles. The van der Waals surface area contributed by atoms with Crippen LogP contribution in [-0.4, -0.2) is 53.3 Å². The van der Waals surface area contributed by atoms with Crippen molar-refractivity contribution in [2.45, 2.75) is 45.8 Å². The molecular weight excluding hydrogens is 310 g/mol. The first-order valence-corrected chi connectivity index (χ1v) is 9.20. The van der Waals surface area contributed by atoms with Crippen molar-refractivity contribution >= 4 is 23.2 Å². The van der Waals surface area contributed by atoms with Crippen LogP contribution in [-0.2, 0) is 16.1 Å². The fourth-order valence-corrected chi connectivity index (χ4v) is 4.35. The Morgan fingerprint density at radius 1 is 1.35 bits per heavy atom. The molecule has 3 heterocycles. The van der Waals surface area contributed by atoms with Gasteiger partial charge in [-0.25, -0.2) is 0 Å². The number of thiophene rings is 1. The predicted octanol–water partition coefficient (Wildman–Crippen LogP) is 1.61. The van der Waals surface area contributed by atoms with Gasteiger partial charge in [0.1, 0.15) is 12.1 Å². The van der Waals surface area contributed by atoms with E-state index in [1.807, 2.05) is 0 Å². The second-order valence-corrected chi connectivity index (χ2v) is 8.00. The van der Waals surface area contributed by atoms with E-state index in [0.717, 1.165) is 13.1 Å². The van der Waals surface area contributed by atoms with Gasteiger partial charge in [0, 0.05) is 31.1 Å². The van der Waals surface area contributed by atoms with Gasteiger partial charge in [0.2, 0.25) is 11.8 Å². The topological polar surface area (TPSA) is 52.6 Å². The van der Waals surface area contributed by atoms with Crippen molar-refractivity contribution < 1.29 is 9.59 Å². The first kappa shape index (κ1) is 16.5. The molecule has 0 saturated carbocycles. The van der Waals surface area contributed by atoms with Crippen LogP contribution in [0.5, 0.6) is 0 Å². The van der Waals surface area contributed by atoms with Crippen molar-refractivity contribution in [1.82, 2.24) is 15.1 Å². The van der Waals surface area contributed by atoms with Crippen molar-refractivity contribution in [1.29, 1.82) is 0 Å². The van der Waals surface area contributed by atoms with Crippen LogP contribution in [0.15, 0.2) is 11.4 Å². The highest BCUT2D eigenvalue weighted by Crippen LogP contribution is 2.23. The van der Waals surface area contributed by atoms with E-state index in [9.17, 15) is 9.59 Å². The summed E-state index contributed by atoms with van der Waals surface area (Å²) in [5.41, 5.74) is 1.30. The van der Waals surface area contributed by atoms with Crippen LogP contribution in [0.25, 0.3) is 0 Å². The lowest BCUT2D eigenvalue weighted by atomic mass is 9.97. The SMILES string of the molecule is Cc1ccsc1CN1CCN2C(=O)[C@H](CC(C)C)NC(=O)[C@H]2C1. The molecule has 3 rings (SSSR count). The lowest BCUT2D eigenvalue weighted by Crippen LogP contribution is -2.69. The van der Waals surface area contributed by atoms with Crippen molar-refractivity contribution in [2.24, 2.45) is 5.92 Å². The van der Waals surface area contributed by atoms with Gasteiger partial charge in [0.15, 0.2) is 0 Å². The molecule has 2 aliphatic rings. The molecule has 0 unspecified atom stereocenters. The van der Waals surface area contributed by atoms with E-state index in [-0.39, 0.29) is 23.9 Å². The number of piperazine rings is 2.